The zero-order valence-corrected chi connectivity index (χ0v) is 15.5. The number of imidazole rings is 1. The number of aromatic nitrogens is 4. The van der Waals surface area contributed by atoms with Crippen molar-refractivity contribution < 1.29 is 26.1 Å². The standard InChI is InChI=1S/C6H5.C5H4N4S.Hg/c1-2-4-6-5-3-1;10-5-3-4(7-1-6-3)8-2-9-5;/h1-5H;1-2H,(H2,6,7,8,9,10);/p+1. The third kappa shape index (κ3) is 3.44. The van der Waals surface area contributed by atoms with Crippen LogP contribution in [0.5, 0.6) is 0 Å². The molecule has 2 heterocycles. The molecule has 81 valence electrons. The fourth-order valence-corrected chi connectivity index (χ4v) is 2.54. The monoisotopic (exact) mass is 432 g/mol. The van der Waals surface area contributed by atoms with Crippen LogP contribution in [0, 0.1) is 4.64 Å². The molecule has 0 radical (unpaired) electrons. The summed E-state index contributed by atoms with van der Waals surface area (Å²) >= 11 is 4.95. The smallest absolute Gasteiger partial charge is 0.323 e. The van der Waals surface area contributed by atoms with E-state index >= 15 is 0 Å². The summed E-state index contributed by atoms with van der Waals surface area (Å²) in [4.78, 5) is 13.7. The van der Waals surface area contributed by atoms with Gasteiger partial charge < -0.3 is 4.98 Å². The molecule has 6 heteroatoms. The predicted octanol–water partition coefficient (Wildman–Crippen LogP) is 0.956. The number of nitrogens with zero attached hydrogens (tertiary/aromatic N) is 2. The summed E-state index contributed by atoms with van der Waals surface area (Å²) in [7, 11) is 0. The van der Waals surface area contributed by atoms with Gasteiger partial charge in [-0.2, -0.15) is 0 Å². The Hall–Kier alpha value is -1.07. The number of rotatable bonds is 0. The quantitative estimate of drug-likeness (QED) is 0.241. The second-order valence-corrected chi connectivity index (χ2v) is 6.96. The van der Waals surface area contributed by atoms with Crippen molar-refractivity contribution in [1.82, 2.24) is 19.9 Å². The minimum atomic E-state index is 0.728. The van der Waals surface area contributed by atoms with Gasteiger partial charge in [0.15, 0.2) is 23.4 Å². The van der Waals surface area contributed by atoms with E-state index in [-0.39, 0.29) is 0 Å². The second kappa shape index (κ2) is 6.02. The molecule has 0 saturated carbocycles. The van der Waals surface area contributed by atoms with Crippen LogP contribution in [0.4, 0.5) is 0 Å². The van der Waals surface area contributed by atoms with Crippen molar-refractivity contribution in [3.8, 4) is 0 Å². The van der Waals surface area contributed by atoms with Crippen LogP contribution < -0.4 is 3.07 Å². The molecule has 17 heavy (non-hydrogen) atoms. The SMILES string of the molecule is [Hg][c]1ccccc1.[SH+]=c1[nH]cnc2[nH]cnc12. The molecule has 0 aliphatic carbocycles. The van der Waals surface area contributed by atoms with Gasteiger partial charge in [-0.05, 0) is 0 Å². The topological polar surface area (TPSA) is 57.4 Å². The molecule has 0 bridgehead atoms. The Morgan fingerprint density at radius 2 is 1.71 bits per heavy atom. The Morgan fingerprint density at radius 1 is 1.00 bits per heavy atom. The molecule has 3 rings (SSSR count). The van der Waals surface area contributed by atoms with Crippen LogP contribution in [0.2, 0.25) is 0 Å². The van der Waals surface area contributed by atoms with Crippen molar-refractivity contribution in [1.29, 1.82) is 0 Å². The number of H-pyrrole nitrogens is 2. The first-order valence-electron chi connectivity index (χ1n) is 5.03. The van der Waals surface area contributed by atoms with E-state index in [1.165, 1.54) is 3.07 Å². The van der Waals surface area contributed by atoms with Gasteiger partial charge in [0, 0.05) is 0 Å². The van der Waals surface area contributed by atoms with Gasteiger partial charge in [0.05, 0.1) is 12.7 Å². The van der Waals surface area contributed by atoms with E-state index in [0.717, 1.165) is 41.9 Å². The molecular weight excluding hydrogens is 421 g/mol. The van der Waals surface area contributed by atoms with Crippen molar-refractivity contribution in [2.75, 3.05) is 0 Å². The Kier molecular flexibility index (Phi) is 4.39. The van der Waals surface area contributed by atoms with E-state index in [0.29, 0.717) is 0 Å². The number of fused-ring (bicyclic) bond motifs is 1. The summed E-state index contributed by atoms with van der Waals surface area (Å²) in [5, 5.41) is 0. The fourth-order valence-electron chi connectivity index (χ4n) is 1.26. The zero-order chi connectivity index (χ0) is 12.1. The summed E-state index contributed by atoms with van der Waals surface area (Å²) < 4.78 is 2.24. The fraction of sp³-hybridized carbons (Fsp3) is 0. The van der Waals surface area contributed by atoms with E-state index in [2.05, 4.69) is 62.5 Å². The van der Waals surface area contributed by atoms with Gasteiger partial charge in [0.1, 0.15) is 0 Å². The van der Waals surface area contributed by atoms with Gasteiger partial charge in [-0.1, -0.05) is 0 Å². The van der Waals surface area contributed by atoms with Crippen LogP contribution in [0.25, 0.3) is 11.2 Å². The molecule has 0 spiro atoms. The van der Waals surface area contributed by atoms with Crippen molar-refractivity contribution in [3.63, 3.8) is 0 Å². The largest absolute Gasteiger partial charge is 0.329 e. The van der Waals surface area contributed by atoms with Crippen molar-refractivity contribution in [3.05, 3.63) is 47.6 Å². The van der Waals surface area contributed by atoms with E-state index in [1.807, 2.05) is 0 Å². The minimum absolute atomic E-state index is 0.728. The van der Waals surface area contributed by atoms with E-state index in [1.54, 1.807) is 12.7 Å². The Labute approximate surface area is 119 Å². The molecule has 0 saturated heterocycles. The van der Waals surface area contributed by atoms with Gasteiger partial charge in [-0.25, -0.2) is 9.97 Å². The van der Waals surface area contributed by atoms with E-state index in [9.17, 15) is 0 Å². The number of benzene rings is 1. The average Bonchev–Trinajstić information content (AvgIpc) is 2.80. The summed E-state index contributed by atoms with van der Waals surface area (Å²) in [6, 6.07) is 10.6. The maximum atomic E-state index is 4.14. The summed E-state index contributed by atoms with van der Waals surface area (Å²) in [5.41, 5.74) is 1.52. The van der Waals surface area contributed by atoms with Crippen LogP contribution in [0.3, 0.4) is 0 Å². The normalized spacial score (nSPS) is 9.76. The molecule has 2 N–H and O–H groups in total. The Morgan fingerprint density at radius 3 is 2.29 bits per heavy atom. The van der Waals surface area contributed by atoms with Crippen molar-refractivity contribution in [2.45, 2.75) is 0 Å². The van der Waals surface area contributed by atoms with Crippen LogP contribution >= 0.6 is 0 Å². The molecular formula is C11H10HgN4S+. The number of hydrogen-bond acceptors (Lipinski definition) is 2. The Bertz CT molecular complexity index is 647. The molecule has 0 atom stereocenters. The van der Waals surface area contributed by atoms with Crippen molar-refractivity contribution >= 4 is 26.5 Å². The predicted molar refractivity (Wildman–Crippen MR) is 66.3 cm³/mol. The summed E-state index contributed by atoms with van der Waals surface area (Å²) in [6.07, 6.45) is 3.16. The van der Waals surface area contributed by atoms with E-state index in [4.69, 9.17) is 0 Å². The zero-order valence-electron chi connectivity index (χ0n) is 9.09. The first kappa shape index (κ1) is 12.4. The molecule has 0 amide bonds. The van der Waals surface area contributed by atoms with Gasteiger partial charge >= 0.3 is 64.2 Å². The number of thiol groups is 1. The van der Waals surface area contributed by atoms with Crippen LogP contribution in [0.15, 0.2) is 43.0 Å². The van der Waals surface area contributed by atoms with Gasteiger partial charge in [-0.3, -0.25) is 4.98 Å². The van der Waals surface area contributed by atoms with Gasteiger partial charge in [0.2, 0.25) is 0 Å². The van der Waals surface area contributed by atoms with Gasteiger partial charge in [-0.15, -0.1) is 0 Å². The Balaban J connectivity index is 0.000000136. The van der Waals surface area contributed by atoms with Crippen LogP contribution in [0.1, 0.15) is 0 Å². The van der Waals surface area contributed by atoms with Crippen LogP contribution in [-0.4, -0.2) is 19.9 Å². The van der Waals surface area contributed by atoms with Crippen molar-refractivity contribution in [2.24, 2.45) is 0 Å². The molecule has 0 unspecified atom stereocenters. The third-order valence-corrected chi connectivity index (χ3v) is 4.25. The molecule has 1 aromatic carbocycles. The van der Waals surface area contributed by atoms with Gasteiger partial charge in [0.25, 0.3) is 0 Å². The maximum absolute atomic E-state index is 4.14. The molecule has 0 aliphatic rings. The number of nitrogens with one attached hydrogen (secondary N) is 2. The molecule has 3 aromatic rings. The summed E-state index contributed by atoms with van der Waals surface area (Å²) in [5.74, 6) is 0. The number of hydrogen-bond donors (Lipinski definition) is 2. The number of aromatic amines is 2. The third-order valence-electron chi connectivity index (χ3n) is 2.08. The maximum Gasteiger partial charge on any atom is 0.323 e. The van der Waals surface area contributed by atoms with Crippen LogP contribution in [-0.2, 0) is 38.3 Å². The molecule has 4 nitrogen and oxygen atoms in total. The minimum Gasteiger partial charge on any atom is -0.329 e. The summed E-state index contributed by atoms with van der Waals surface area (Å²) in [6.45, 7) is 0. The molecule has 2 aromatic heterocycles. The molecule has 0 fully saturated rings. The first-order valence-corrected chi connectivity index (χ1v) is 8.22. The first-order chi connectivity index (χ1) is 8.27. The molecule has 0 aliphatic heterocycles. The van der Waals surface area contributed by atoms with E-state index < -0.39 is 0 Å². The second-order valence-electron chi connectivity index (χ2n) is 3.34. The average molecular weight is 431 g/mol.